The summed E-state index contributed by atoms with van der Waals surface area (Å²) >= 11 is 0. The summed E-state index contributed by atoms with van der Waals surface area (Å²) in [6, 6.07) is 9.25. The highest BCUT2D eigenvalue weighted by atomic mass is 16.5. The molecule has 5 unspecified atom stereocenters. The summed E-state index contributed by atoms with van der Waals surface area (Å²) in [7, 11) is 0. The molecule has 1 aromatic carbocycles. The van der Waals surface area contributed by atoms with Crippen LogP contribution in [0.3, 0.4) is 0 Å². The number of hydrogen-bond donors (Lipinski definition) is 1. The van der Waals surface area contributed by atoms with Gasteiger partial charge in [-0.05, 0) is 87.5 Å². The fourth-order valence-electron chi connectivity index (χ4n) is 5.35. The van der Waals surface area contributed by atoms with Gasteiger partial charge in [0.1, 0.15) is 5.75 Å². The quantitative estimate of drug-likeness (QED) is 0.865. The lowest BCUT2D eigenvalue weighted by atomic mass is 9.79. The molecule has 2 heteroatoms. The fourth-order valence-corrected chi connectivity index (χ4v) is 5.35. The molecule has 4 rings (SSSR count). The maximum Gasteiger partial charge on any atom is 0.119 e. The van der Waals surface area contributed by atoms with Crippen LogP contribution in [0.25, 0.3) is 0 Å². The Morgan fingerprint density at radius 1 is 1.00 bits per heavy atom. The molecule has 1 N–H and O–H groups in total. The molecule has 3 aliphatic carbocycles. The number of benzene rings is 1. The Bertz CT molecular complexity index is 495. The van der Waals surface area contributed by atoms with Gasteiger partial charge in [-0.1, -0.05) is 6.42 Å². The first-order valence-corrected chi connectivity index (χ1v) is 8.74. The fraction of sp³-hybridized carbons (Fsp3) is 0.684. The van der Waals surface area contributed by atoms with E-state index < -0.39 is 0 Å². The molecule has 21 heavy (non-hydrogen) atoms. The lowest BCUT2D eigenvalue weighted by Crippen LogP contribution is -2.33. The number of anilines is 1. The van der Waals surface area contributed by atoms with E-state index in [0.29, 0.717) is 6.04 Å². The molecule has 3 saturated carbocycles. The minimum Gasteiger partial charge on any atom is -0.491 e. The lowest BCUT2D eigenvalue weighted by Gasteiger charge is -2.32. The smallest absolute Gasteiger partial charge is 0.119 e. The molecule has 0 radical (unpaired) electrons. The van der Waals surface area contributed by atoms with Crippen molar-refractivity contribution < 1.29 is 4.74 Å². The van der Waals surface area contributed by atoms with Crippen molar-refractivity contribution in [1.82, 2.24) is 0 Å². The van der Waals surface area contributed by atoms with Crippen LogP contribution in [-0.2, 0) is 0 Å². The monoisotopic (exact) mass is 285 g/mol. The zero-order valence-corrected chi connectivity index (χ0v) is 13.2. The second-order valence-corrected chi connectivity index (χ2v) is 7.60. The molecule has 5 atom stereocenters. The number of ether oxygens (including phenoxy) is 1. The van der Waals surface area contributed by atoms with Crippen LogP contribution in [0.15, 0.2) is 24.3 Å². The van der Waals surface area contributed by atoms with E-state index in [1.807, 2.05) is 0 Å². The maximum atomic E-state index is 5.72. The third-order valence-electron chi connectivity index (χ3n) is 6.01. The average molecular weight is 285 g/mol. The summed E-state index contributed by atoms with van der Waals surface area (Å²) in [5.41, 5.74) is 1.26. The molecular weight excluding hydrogens is 258 g/mol. The SMILES string of the molecule is CC(C)Oc1ccc(NC2CC3CC2C2CCCC32)cc1. The minimum atomic E-state index is 0.244. The lowest BCUT2D eigenvalue weighted by molar-refractivity contribution is 0.241. The normalized spacial score (nSPS) is 37.0. The molecule has 0 saturated heterocycles. The molecule has 0 aliphatic heterocycles. The van der Waals surface area contributed by atoms with Gasteiger partial charge < -0.3 is 10.1 Å². The Hall–Kier alpha value is -1.18. The van der Waals surface area contributed by atoms with Crippen LogP contribution in [0.4, 0.5) is 5.69 Å². The van der Waals surface area contributed by atoms with Crippen molar-refractivity contribution >= 4 is 5.69 Å². The standard InChI is InChI=1S/C19H27NO/c1-12(2)21-15-8-6-14(7-9-15)20-19-11-13-10-18(19)17-5-3-4-16(13)17/h6-9,12-13,16-20H,3-5,10-11H2,1-2H3. The summed E-state index contributed by atoms with van der Waals surface area (Å²) in [4.78, 5) is 0. The van der Waals surface area contributed by atoms with Crippen LogP contribution < -0.4 is 10.1 Å². The van der Waals surface area contributed by atoms with Gasteiger partial charge >= 0.3 is 0 Å². The van der Waals surface area contributed by atoms with E-state index in [2.05, 4.69) is 43.4 Å². The summed E-state index contributed by atoms with van der Waals surface area (Å²) in [5, 5.41) is 3.81. The van der Waals surface area contributed by atoms with Crippen LogP contribution in [0.2, 0.25) is 0 Å². The molecule has 2 nitrogen and oxygen atoms in total. The van der Waals surface area contributed by atoms with Gasteiger partial charge in [0.05, 0.1) is 6.10 Å². The minimum absolute atomic E-state index is 0.244. The van der Waals surface area contributed by atoms with Gasteiger partial charge in [0.2, 0.25) is 0 Å². The molecular formula is C19H27NO. The molecule has 114 valence electrons. The second-order valence-electron chi connectivity index (χ2n) is 7.60. The Balaban J connectivity index is 1.41. The molecule has 0 spiro atoms. The van der Waals surface area contributed by atoms with Crippen LogP contribution in [-0.4, -0.2) is 12.1 Å². The largest absolute Gasteiger partial charge is 0.491 e. The average Bonchev–Trinajstić information content (AvgIpc) is 3.12. The highest BCUT2D eigenvalue weighted by molar-refractivity contribution is 5.47. The summed E-state index contributed by atoms with van der Waals surface area (Å²) in [5.74, 6) is 5.04. The summed E-state index contributed by atoms with van der Waals surface area (Å²) < 4.78 is 5.72. The van der Waals surface area contributed by atoms with Gasteiger partial charge in [-0.15, -0.1) is 0 Å². The predicted octanol–water partition coefficient (Wildman–Crippen LogP) is 4.71. The zero-order chi connectivity index (χ0) is 14.4. The van der Waals surface area contributed by atoms with Crippen molar-refractivity contribution in [2.24, 2.45) is 23.7 Å². The summed E-state index contributed by atoms with van der Waals surface area (Å²) in [6.07, 6.45) is 7.62. The summed E-state index contributed by atoms with van der Waals surface area (Å²) in [6.45, 7) is 4.14. The molecule has 3 fully saturated rings. The van der Waals surface area contributed by atoms with Crippen LogP contribution in [0, 0.1) is 23.7 Å². The van der Waals surface area contributed by atoms with E-state index in [1.165, 1.54) is 37.8 Å². The van der Waals surface area contributed by atoms with Crippen molar-refractivity contribution in [3.05, 3.63) is 24.3 Å². The van der Waals surface area contributed by atoms with Crippen LogP contribution >= 0.6 is 0 Å². The maximum absolute atomic E-state index is 5.72. The number of hydrogen-bond acceptors (Lipinski definition) is 2. The van der Waals surface area contributed by atoms with Crippen molar-refractivity contribution in [2.75, 3.05) is 5.32 Å². The Morgan fingerprint density at radius 2 is 1.76 bits per heavy atom. The molecule has 2 bridgehead atoms. The molecule has 0 heterocycles. The second kappa shape index (κ2) is 5.23. The Kier molecular flexibility index (Phi) is 3.35. The highest BCUT2D eigenvalue weighted by Crippen LogP contribution is 2.59. The van der Waals surface area contributed by atoms with Gasteiger partial charge in [-0.25, -0.2) is 0 Å². The van der Waals surface area contributed by atoms with Gasteiger partial charge in [0.25, 0.3) is 0 Å². The van der Waals surface area contributed by atoms with E-state index >= 15 is 0 Å². The third-order valence-corrected chi connectivity index (χ3v) is 6.01. The van der Waals surface area contributed by atoms with E-state index in [-0.39, 0.29) is 6.10 Å². The van der Waals surface area contributed by atoms with Crippen molar-refractivity contribution in [3.8, 4) is 5.75 Å². The van der Waals surface area contributed by atoms with E-state index in [4.69, 9.17) is 4.74 Å². The molecule has 0 amide bonds. The third kappa shape index (κ3) is 2.43. The number of fused-ring (bicyclic) bond motifs is 5. The zero-order valence-electron chi connectivity index (χ0n) is 13.2. The Morgan fingerprint density at radius 3 is 2.52 bits per heavy atom. The van der Waals surface area contributed by atoms with E-state index in [1.54, 1.807) is 0 Å². The first-order chi connectivity index (χ1) is 10.2. The van der Waals surface area contributed by atoms with Crippen LogP contribution in [0.5, 0.6) is 5.75 Å². The predicted molar refractivity (Wildman–Crippen MR) is 86.7 cm³/mol. The first-order valence-electron chi connectivity index (χ1n) is 8.74. The van der Waals surface area contributed by atoms with E-state index in [9.17, 15) is 0 Å². The Labute approximate surface area is 128 Å². The van der Waals surface area contributed by atoms with Gasteiger partial charge in [0.15, 0.2) is 0 Å². The topological polar surface area (TPSA) is 21.3 Å². The molecule has 1 aromatic rings. The van der Waals surface area contributed by atoms with Crippen molar-refractivity contribution in [2.45, 2.75) is 58.1 Å². The number of rotatable bonds is 4. The van der Waals surface area contributed by atoms with Crippen LogP contribution in [0.1, 0.15) is 46.0 Å². The highest BCUT2D eigenvalue weighted by Gasteiger charge is 2.53. The van der Waals surface area contributed by atoms with Gasteiger partial charge in [-0.3, -0.25) is 0 Å². The molecule has 0 aromatic heterocycles. The van der Waals surface area contributed by atoms with Crippen molar-refractivity contribution in [3.63, 3.8) is 0 Å². The number of nitrogens with one attached hydrogen (secondary N) is 1. The van der Waals surface area contributed by atoms with Crippen molar-refractivity contribution in [1.29, 1.82) is 0 Å². The van der Waals surface area contributed by atoms with Gasteiger partial charge in [0, 0.05) is 11.7 Å². The van der Waals surface area contributed by atoms with Gasteiger partial charge in [-0.2, -0.15) is 0 Å². The van der Waals surface area contributed by atoms with E-state index in [0.717, 1.165) is 29.4 Å². The first kappa shape index (κ1) is 13.5. The molecule has 3 aliphatic rings.